The van der Waals surface area contributed by atoms with E-state index in [1.807, 2.05) is 30.3 Å². The third kappa shape index (κ3) is 4.97. The minimum atomic E-state index is -0.244. The van der Waals surface area contributed by atoms with Crippen molar-refractivity contribution >= 4 is 5.97 Å². The number of hydrogen-bond acceptors (Lipinski definition) is 7. The van der Waals surface area contributed by atoms with Crippen LogP contribution in [0.1, 0.15) is 11.1 Å². The first kappa shape index (κ1) is 21.8. The predicted molar refractivity (Wildman–Crippen MR) is 110 cm³/mol. The van der Waals surface area contributed by atoms with Crippen LogP contribution in [0, 0.1) is 11.8 Å². The predicted octanol–water partition coefficient (Wildman–Crippen LogP) is 2.66. The monoisotopic (exact) mass is 416 g/mol. The Morgan fingerprint density at radius 2 is 1.50 bits per heavy atom. The smallest absolute Gasteiger partial charge is 0.309 e. The fourth-order valence-corrected chi connectivity index (χ4v) is 3.73. The summed E-state index contributed by atoms with van der Waals surface area (Å²) in [5.74, 6) is 2.11. The van der Waals surface area contributed by atoms with E-state index in [1.54, 1.807) is 27.4 Å². The molecule has 1 saturated heterocycles. The molecule has 1 fully saturated rings. The lowest BCUT2D eigenvalue weighted by Gasteiger charge is -2.17. The number of aliphatic hydroxyl groups is 1. The van der Waals surface area contributed by atoms with Crippen molar-refractivity contribution in [2.24, 2.45) is 11.8 Å². The zero-order chi connectivity index (χ0) is 21.5. The number of carbonyl (C=O) groups excluding carboxylic acids is 1. The van der Waals surface area contributed by atoms with E-state index in [2.05, 4.69) is 0 Å². The number of carbonyl (C=O) groups is 1. The first-order chi connectivity index (χ1) is 14.6. The van der Waals surface area contributed by atoms with Crippen LogP contribution in [0.2, 0.25) is 0 Å². The number of esters is 1. The molecule has 0 unspecified atom stereocenters. The quantitative estimate of drug-likeness (QED) is 0.596. The van der Waals surface area contributed by atoms with Crippen LogP contribution in [0.4, 0.5) is 0 Å². The molecule has 0 saturated carbocycles. The molecule has 2 aromatic carbocycles. The second-order valence-corrected chi connectivity index (χ2v) is 7.15. The van der Waals surface area contributed by atoms with Crippen molar-refractivity contribution in [3.05, 3.63) is 47.5 Å². The Hall–Kier alpha value is -2.93. The van der Waals surface area contributed by atoms with E-state index in [4.69, 9.17) is 28.8 Å². The van der Waals surface area contributed by atoms with Gasteiger partial charge in [-0.1, -0.05) is 12.1 Å². The summed E-state index contributed by atoms with van der Waals surface area (Å²) in [5.41, 5.74) is 2.02. The Morgan fingerprint density at radius 1 is 0.900 bits per heavy atom. The van der Waals surface area contributed by atoms with Crippen LogP contribution >= 0.6 is 0 Å². The van der Waals surface area contributed by atoms with Crippen molar-refractivity contribution in [1.82, 2.24) is 0 Å². The molecule has 2 aromatic rings. The Morgan fingerprint density at radius 3 is 2.13 bits per heavy atom. The summed E-state index contributed by atoms with van der Waals surface area (Å²) < 4.78 is 26.9. The Bertz CT molecular complexity index is 865. The van der Waals surface area contributed by atoms with E-state index >= 15 is 0 Å². The van der Waals surface area contributed by atoms with Crippen molar-refractivity contribution in [3.8, 4) is 23.0 Å². The van der Waals surface area contributed by atoms with Crippen LogP contribution in [-0.4, -0.2) is 52.2 Å². The normalized spacial score (nSPS) is 18.1. The van der Waals surface area contributed by atoms with Crippen LogP contribution in [-0.2, 0) is 22.4 Å². The summed E-state index contributed by atoms with van der Waals surface area (Å²) in [6.45, 7) is 0.515. The average molecular weight is 416 g/mol. The number of benzene rings is 2. The van der Waals surface area contributed by atoms with Gasteiger partial charge >= 0.3 is 5.97 Å². The first-order valence-corrected chi connectivity index (χ1v) is 9.87. The van der Waals surface area contributed by atoms with Crippen LogP contribution < -0.4 is 18.9 Å². The van der Waals surface area contributed by atoms with Gasteiger partial charge in [-0.05, 0) is 48.2 Å². The van der Waals surface area contributed by atoms with Gasteiger partial charge in [0.1, 0.15) is 6.61 Å². The van der Waals surface area contributed by atoms with Crippen LogP contribution in [0.15, 0.2) is 36.4 Å². The highest BCUT2D eigenvalue weighted by Crippen LogP contribution is 2.34. The molecule has 2 atom stereocenters. The lowest BCUT2D eigenvalue weighted by Crippen LogP contribution is -2.20. The van der Waals surface area contributed by atoms with E-state index in [1.165, 1.54) is 0 Å². The van der Waals surface area contributed by atoms with E-state index in [9.17, 15) is 4.79 Å². The minimum absolute atomic E-state index is 0.0620. The molecule has 0 aliphatic carbocycles. The van der Waals surface area contributed by atoms with Gasteiger partial charge in [0, 0.05) is 5.92 Å². The summed E-state index contributed by atoms with van der Waals surface area (Å²) in [6.07, 6.45) is 1.25. The fourth-order valence-electron chi connectivity index (χ4n) is 3.73. The number of hydrogen-bond donors (Lipinski definition) is 1. The average Bonchev–Trinajstić information content (AvgIpc) is 3.11. The second kappa shape index (κ2) is 10.2. The number of aliphatic hydroxyl groups excluding tert-OH is 1. The summed E-state index contributed by atoms with van der Waals surface area (Å²) in [4.78, 5) is 12.4. The lowest BCUT2D eigenvalue weighted by molar-refractivity contribution is -0.141. The molecule has 7 heteroatoms. The molecular weight excluding hydrogens is 388 g/mol. The molecule has 1 aliphatic rings. The van der Waals surface area contributed by atoms with Gasteiger partial charge in [0.15, 0.2) is 23.0 Å². The van der Waals surface area contributed by atoms with Gasteiger partial charge in [-0.2, -0.15) is 0 Å². The van der Waals surface area contributed by atoms with Gasteiger partial charge in [0.05, 0.1) is 40.5 Å². The van der Waals surface area contributed by atoms with Crippen molar-refractivity contribution in [1.29, 1.82) is 0 Å². The molecule has 1 aliphatic heterocycles. The summed E-state index contributed by atoms with van der Waals surface area (Å²) in [5, 5.41) is 8.95. The number of methoxy groups -OCH3 is 3. The highest BCUT2D eigenvalue weighted by Gasteiger charge is 2.37. The highest BCUT2D eigenvalue weighted by molar-refractivity contribution is 5.75. The lowest BCUT2D eigenvalue weighted by atomic mass is 9.85. The van der Waals surface area contributed by atoms with Crippen molar-refractivity contribution in [2.75, 3.05) is 41.2 Å². The maximum absolute atomic E-state index is 12.4. The summed E-state index contributed by atoms with van der Waals surface area (Å²) >= 11 is 0. The zero-order valence-electron chi connectivity index (χ0n) is 17.6. The largest absolute Gasteiger partial charge is 0.493 e. The fraction of sp³-hybridized carbons (Fsp3) is 0.435. The van der Waals surface area contributed by atoms with Gasteiger partial charge in [-0.15, -0.1) is 0 Å². The Kier molecular flexibility index (Phi) is 7.41. The molecule has 30 heavy (non-hydrogen) atoms. The number of cyclic esters (lactones) is 1. The topological polar surface area (TPSA) is 83.5 Å². The van der Waals surface area contributed by atoms with E-state index < -0.39 is 0 Å². The molecule has 3 rings (SSSR count). The van der Waals surface area contributed by atoms with Crippen LogP contribution in [0.3, 0.4) is 0 Å². The highest BCUT2D eigenvalue weighted by atomic mass is 16.5. The van der Waals surface area contributed by atoms with Gasteiger partial charge in [0.25, 0.3) is 0 Å². The molecule has 0 aromatic heterocycles. The van der Waals surface area contributed by atoms with Crippen molar-refractivity contribution < 1.29 is 33.6 Å². The van der Waals surface area contributed by atoms with Gasteiger partial charge in [0.2, 0.25) is 0 Å². The van der Waals surface area contributed by atoms with Crippen LogP contribution in [0.5, 0.6) is 23.0 Å². The Labute approximate surface area is 176 Å². The van der Waals surface area contributed by atoms with E-state index in [0.29, 0.717) is 42.4 Å². The molecule has 1 N–H and O–H groups in total. The number of rotatable bonds is 10. The molecule has 0 bridgehead atoms. The zero-order valence-corrected chi connectivity index (χ0v) is 17.6. The standard InChI is InChI=1S/C23H28O7/c1-26-19-6-4-15(12-21(19)27-2)10-17-14-30-23(25)18(17)11-16-5-7-20(29-9-8-24)22(13-16)28-3/h4-7,12-13,17-18,24H,8-11,14H2,1-3H3/t17-,18+/m0/s1. The Balaban J connectivity index is 1.74. The first-order valence-electron chi connectivity index (χ1n) is 9.87. The van der Waals surface area contributed by atoms with E-state index in [0.717, 1.165) is 11.1 Å². The van der Waals surface area contributed by atoms with Gasteiger partial charge in [-0.3, -0.25) is 4.79 Å². The summed E-state index contributed by atoms with van der Waals surface area (Å²) in [7, 11) is 4.77. The third-order valence-corrected chi connectivity index (χ3v) is 5.29. The van der Waals surface area contributed by atoms with E-state index in [-0.39, 0.29) is 31.0 Å². The van der Waals surface area contributed by atoms with Gasteiger partial charge in [-0.25, -0.2) is 0 Å². The van der Waals surface area contributed by atoms with Crippen LogP contribution in [0.25, 0.3) is 0 Å². The summed E-state index contributed by atoms with van der Waals surface area (Å²) in [6, 6.07) is 11.4. The van der Waals surface area contributed by atoms with Crippen molar-refractivity contribution in [3.63, 3.8) is 0 Å². The maximum atomic E-state index is 12.4. The number of ether oxygens (including phenoxy) is 5. The molecule has 0 radical (unpaired) electrons. The SMILES string of the molecule is COc1ccc(C[C@H]2COC(=O)[C@@H]2Cc2ccc(OCCO)c(OC)c2)cc1OC. The second-order valence-electron chi connectivity index (χ2n) is 7.15. The minimum Gasteiger partial charge on any atom is -0.493 e. The molecule has 7 nitrogen and oxygen atoms in total. The van der Waals surface area contributed by atoms with Gasteiger partial charge < -0.3 is 28.8 Å². The molecule has 1 heterocycles. The molecule has 0 spiro atoms. The molecule has 0 amide bonds. The van der Waals surface area contributed by atoms with Crippen molar-refractivity contribution in [2.45, 2.75) is 12.8 Å². The maximum Gasteiger partial charge on any atom is 0.309 e. The third-order valence-electron chi connectivity index (χ3n) is 5.29. The molecular formula is C23H28O7. The molecule has 162 valence electrons.